The van der Waals surface area contributed by atoms with Crippen LogP contribution in [0.15, 0.2) is 23.6 Å². The Morgan fingerprint density at radius 1 is 0.714 bits per heavy atom. The van der Waals surface area contributed by atoms with E-state index in [1.165, 1.54) is 0 Å². The van der Waals surface area contributed by atoms with Crippen molar-refractivity contribution in [1.29, 1.82) is 0 Å². The van der Waals surface area contributed by atoms with Gasteiger partial charge in [-0.15, -0.1) is 0 Å². The Labute approximate surface area is 107 Å². The maximum atomic E-state index is 12.7. The van der Waals surface area contributed by atoms with Crippen LogP contribution in [0.3, 0.4) is 0 Å². The summed E-state index contributed by atoms with van der Waals surface area (Å²) in [6.45, 7) is 0. The summed E-state index contributed by atoms with van der Waals surface area (Å²) in [5.74, 6) is -36.3. The maximum absolute atomic E-state index is 12.7. The van der Waals surface area contributed by atoms with Crippen molar-refractivity contribution in [3.05, 3.63) is 23.6 Å². The van der Waals surface area contributed by atoms with E-state index in [4.69, 9.17) is 5.11 Å². The molecule has 0 rings (SSSR count). The highest BCUT2D eigenvalue weighted by atomic mass is 19.3. The number of carbonyl (C=O) groups is 1. The predicted octanol–water partition coefficient (Wildman–Crippen LogP) is 4.21. The number of alkyl halides is 6. The molecule has 0 fully saturated rings. The van der Waals surface area contributed by atoms with Gasteiger partial charge in [0, 0.05) is 0 Å². The molecule has 0 atom stereocenters. The Bertz CT molecular complexity index is 500. The Kier molecular flexibility index (Phi) is 5.04. The van der Waals surface area contributed by atoms with Crippen molar-refractivity contribution >= 4 is 5.97 Å². The van der Waals surface area contributed by atoms with Gasteiger partial charge < -0.3 is 5.11 Å². The zero-order valence-corrected chi connectivity index (χ0v) is 9.01. The number of carboxylic acids is 1. The van der Waals surface area contributed by atoms with Crippen LogP contribution in [0, 0.1) is 0 Å². The van der Waals surface area contributed by atoms with Crippen LogP contribution in [-0.2, 0) is 4.79 Å². The van der Waals surface area contributed by atoms with Gasteiger partial charge in [-0.2, -0.15) is 39.5 Å². The van der Waals surface area contributed by atoms with E-state index in [1.54, 1.807) is 0 Å². The largest absolute Gasteiger partial charge is 0.477 e. The highest BCUT2D eigenvalue weighted by Crippen LogP contribution is 2.51. The number of hydrogen-bond donors (Lipinski definition) is 1. The van der Waals surface area contributed by atoms with Crippen molar-refractivity contribution in [2.45, 2.75) is 17.8 Å². The smallest absolute Gasteiger partial charge is 0.411 e. The molecule has 0 aliphatic carbocycles. The zero-order chi connectivity index (χ0) is 17.4. The lowest BCUT2D eigenvalue weighted by molar-refractivity contribution is -0.295. The van der Waals surface area contributed by atoms with E-state index in [1.807, 2.05) is 0 Å². The molecule has 0 aliphatic rings. The Hall–Kier alpha value is -1.82. The fourth-order valence-corrected chi connectivity index (χ4v) is 0.786. The number of halogens is 11. The third-order valence-corrected chi connectivity index (χ3v) is 1.88. The van der Waals surface area contributed by atoms with E-state index in [0.29, 0.717) is 0 Å². The van der Waals surface area contributed by atoms with Gasteiger partial charge in [0.05, 0.1) is 0 Å². The molecule has 0 radical (unpaired) electrons. The van der Waals surface area contributed by atoms with Gasteiger partial charge in [-0.3, -0.25) is 0 Å². The van der Waals surface area contributed by atoms with Crippen LogP contribution in [-0.4, -0.2) is 28.8 Å². The molecule has 0 heterocycles. The van der Waals surface area contributed by atoms with Crippen LogP contribution in [0.5, 0.6) is 0 Å². The first kappa shape index (κ1) is 19.2. The maximum Gasteiger partial charge on any atom is 0.411 e. The molecule has 0 aromatic carbocycles. The molecule has 2 nitrogen and oxygen atoms in total. The van der Waals surface area contributed by atoms with E-state index in [0.717, 1.165) is 0 Å². The molecule has 122 valence electrons. The van der Waals surface area contributed by atoms with Crippen molar-refractivity contribution in [3.63, 3.8) is 0 Å². The van der Waals surface area contributed by atoms with Gasteiger partial charge in [0.1, 0.15) is 0 Å². The Balaban J connectivity index is 6.17. The average Bonchev–Trinajstić information content (AvgIpc) is 2.34. The number of carboxylic acid groups (broad SMARTS) is 1. The summed E-state index contributed by atoms with van der Waals surface area (Å²) in [6.07, 6.45) is -3.74. The fourth-order valence-electron chi connectivity index (χ4n) is 0.786. The summed E-state index contributed by atoms with van der Waals surface area (Å²) >= 11 is 0. The lowest BCUT2D eigenvalue weighted by Crippen LogP contribution is -2.58. The molecule has 0 bridgehead atoms. The van der Waals surface area contributed by atoms with Crippen LogP contribution < -0.4 is 0 Å². The highest BCUT2D eigenvalue weighted by Gasteiger charge is 2.77. The summed E-state index contributed by atoms with van der Waals surface area (Å²) in [5, 5.41) is 7.66. The van der Waals surface area contributed by atoms with Crippen molar-refractivity contribution in [1.82, 2.24) is 0 Å². The monoisotopic (exact) mass is 338 g/mol. The van der Waals surface area contributed by atoms with Crippen LogP contribution in [0.4, 0.5) is 48.3 Å². The quantitative estimate of drug-likeness (QED) is 0.602. The first-order chi connectivity index (χ1) is 9.12. The Morgan fingerprint density at radius 3 is 1.38 bits per heavy atom. The fraction of sp³-hybridized carbons (Fsp3) is 0.375. The molecular weight excluding hydrogens is 337 g/mol. The van der Waals surface area contributed by atoms with Crippen molar-refractivity contribution in [2.24, 2.45) is 0 Å². The van der Waals surface area contributed by atoms with E-state index < -0.39 is 47.3 Å². The molecule has 0 aromatic rings. The summed E-state index contributed by atoms with van der Waals surface area (Å²) < 4.78 is 136. The second kappa shape index (κ2) is 5.52. The summed E-state index contributed by atoms with van der Waals surface area (Å²) in [6, 6.07) is 0. The third-order valence-electron chi connectivity index (χ3n) is 1.88. The topological polar surface area (TPSA) is 37.3 Å². The zero-order valence-electron chi connectivity index (χ0n) is 9.01. The molecule has 21 heavy (non-hydrogen) atoms. The van der Waals surface area contributed by atoms with Crippen LogP contribution in [0.1, 0.15) is 0 Å². The van der Waals surface area contributed by atoms with Crippen molar-refractivity contribution in [2.75, 3.05) is 0 Å². The first-order valence-electron chi connectivity index (χ1n) is 4.26. The van der Waals surface area contributed by atoms with E-state index in [-0.39, 0.29) is 0 Å². The van der Waals surface area contributed by atoms with Crippen LogP contribution >= 0.6 is 0 Å². The molecule has 0 spiro atoms. The molecule has 1 N–H and O–H groups in total. The van der Waals surface area contributed by atoms with Gasteiger partial charge in [-0.05, 0) is 0 Å². The van der Waals surface area contributed by atoms with E-state index >= 15 is 0 Å². The van der Waals surface area contributed by atoms with Gasteiger partial charge in [0.15, 0.2) is 0 Å². The second-order valence-corrected chi connectivity index (χ2v) is 3.23. The SMILES string of the molecule is O=C(O)C(F)(F)C(F)(F)C(F)(F)C(F)=C(F)C(F)=C(F)F. The number of aliphatic carboxylic acids is 1. The lowest BCUT2D eigenvalue weighted by atomic mass is 10.0. The predicted molar refractivity (Wildman–Crippen MR) is 42.1 cm³/mol. The summed E-state index contributed by atoms with van der Waals surface area (Å²) in [5.41, 5.74) is 0. The minimum Gasteiger partial charge on any atom is -0.477 e. The third kappa shape index (κ3) is 2.95. The van der Waals surface area contributed by atoms with Crippen molar-refractivity contribution in [3.8, 4) is 0 Å². The van der Waals surface area contributed by atoms with Gasteiger partial charge in [-0.25, -0.2) is 13.6 Å². The van der Waals surface area contributed by atoms with E-state index in [9.17, 15) is 53.1 Å². The molecule has 0 aromatic heterocycles. The lowest BCUT2D eigenvalue weighted by Gasteiger charge is -2.29. The minimum absolute atomic E-state index is 3.64. The highest BCUT2D eigenvalue weighted by molar-refractivity contribution is 5.77. The van der Waals surface area contributed by atoms with Gasteiger partial charge in [0.25, 0.3) is 0 Å². The Morgan fingerprint density at radius 2 is 1.10 bits per heavy atom. The number of allylic oxidation sites excluding steroid dienone is 3. The summed E-state index contributed by atoms with van der Waals surface area (Å²) in [4.78, 5) is 9.75. The normalized spacial score (nSPS) is 14.6. The first-order valence-corrected chi connectivity index (χ1v) is 4.26. The minimum atomic E-state index is -7.08. The summed E-state index contributed by atoms with van der Waals surface area (Å²) in [7, 11) is 0. The second-order valence-electron chi connectivity index (χ2n) is 3.23. The van der Waals surface area contributed by atoms with Crippen LogP contribution in [0.2, 0.25) is 0 Å². The molecule has 0 aliphatic heterocycles. The molecular formula is C8HF11O2. The van der Waals surface area contributed by atoms with E-state index in [2.05, 4.69) is 0 Å². The van der Waals surface area contributed by atoms with Crippen LogP contribution in [0.25, 0.3) is 0 Å². The standard InChI is InChI=1S/C8HF11O2/c9-1(2(10)4(12)13)3(11)6(14,15)8(18,19)7(16,17)5(20)21/h(H,20,21). The molecule has 0 saturated carbocycles. The molecule has 0 amide bonds. The molecule has 0 unspecified atom stereocenters. The van der Waals surface area contributed by atoms with Crippen molar-refractivity contribution < 1.29 is 58.2 Å². The van der Waals surface area contributed by atoms with Gasteiger partial charge in [0.2, 0.25) is 17.5 Å². The van der Waals surface area contributed by atoms with Gasteiger partial charge >= 0.3 is 29.8 Å². The number of hydrogen-bond acceptors (Lipinski definition) is 1. The average molecular weight is 338 g/mol. The molecule has 0 saturated heterocycles. The molecule has 13 heteroatoms. The van der Waals surface area contributed by atoms with Gasteiger partial charge in [-0.1, -0.05) is 0 Å². The number of rotatable bonds is 5.